The summed E-state index contributed by atoms with van der Waals surface area (Å²) >= 11 is 6.43. The largest absolute Gasteiger partial charge is 0.497 e. The Balaban J connectivity index is 2.81. The Bertz CT molecular complexity index is 397. The van der Waals surface area contributed by atoms with Crippen molar-refractivity contribution in [3.63, 3.8) is 0 Å². The molecule has 0 aliphatic rings. The van der Waals surface area contributed by atoms with Gasteiger partial charge in [0.1, 0.15) is 11.5 Å². The second-order valence-corrected chi connectivity index (χ2v) is 4.85. The molecule has 1 atom stereocenters. The highest BCUT2D eigenvalue weighted by Crippen LogP contribution is 2.33. The number of rotatable bonds is 9. The standard InChI is InChI=1S/C14H22ClNO4/c1-19-11-3-4-12(14(9-11)20-2)13(15)10-16(5-7-17)6-8-18/h3-4,9,13,17-18H,5-8,10H2,1-2H3. The highest BCUT2D eigenvalue weighted by atomic mass is 35.5. The third-order valence-corrected chi connectivity index (χ3v) is 3.40. The van der Waals surface area contributed by atoms with Crippen LogP contribution >= 0.6 is 11.6 Å². The van der Waals surface area contributed by atoms with Crippen molar-refractivity contribution in [2.45, 2.75) is 5.38 Å². The van der Waals surface area contributed by atoms with Gasteiger partial charge >= 0.3 is 0 Å². The Morgan fingerprint density at radius 3 is 2.30 bits per heavy atom. The maximum absolute atomic E-state index is 9.01. The Morgan fingerprint density at radius 2 is 1.80 bits per heavy atom. The molecule has 0 heterocycles. The van der Waals surface area contributed by atoms with Crippen LogP contribution in [0.5, 0.6) is 11.5 Å². The van der Waals surface area contributed by atoms with Crippen LogP contribution in [-0.4, -0.2) is 62.2 Å². The average Bonchev–Trinajstić information content (AvgIpc) is 2.46. The van der Waals surface area contributed by atoms with Gasteiger partial charge in [0.2, 0.25) is 0 Å². The predicted octanol–water partition coefficient (Wildman–Crippen LogP) is 1.27. The van der Waals surface area contributed by atoms with Crippen LogP contribution in [0.3, 0.4) is 0 Å². The number of methoxy groups -OCH3 is 2. The van der Waals surface area contributed by atoms with E-state index >= 15 is 0 Å². The number of hydrogen-bond acceptors (Lipinski definition) is 5. The molecular formula is C14H22ClNO4. The van der Waals surface area contributed by atoms with E-state index in [2.05, 4.69) is 0 Å². The molecule has 1 rings (SSSR count). The molecule has 0 saturated carbocycles. The molecule has 114 valence electrons. The van der Waals surface area contributed by atoms with Gasteiger partial charge in [-0.1, -0.05) is 6.07 Å². The van der Waals surface area contributed by atoms with Crippen LogP contribution in [0.15, 0.2) is 18.2 Å². The predicted molar refractivity (Wildman–Crippen MR) is 78.8 cm³/mol. The lowest BCUT2D eigenvalue weighted by Crippen LogP contribution is -2.32. The molecule has 0 aromatic heterocycles. The quantitative estimate of drug-likeness (QED) is 0.673. The number of ether oxygens (including phenoxy) is 2. The van der Waals surface area contributed by atoms with E-state index in [1.165, 1.54) is 0 Å². The van der Waals surface area contributed by atoms with Gasteiger partial charge in [-0.25, -0.2) is 0 Å². The number of alkyl halides is 1. The van der Waals surface area contributed by atoms with E-state index < -0.39 is 0 Å². The monoisotopic (exact) mass is 303 g/mol. The molecule has 0 aliphatic heterocycles. The smallest absolute Gasteiger partial charge is 0.127 e. The van der Waals surface area contributed by atoms with Gasteiger partial charge in [-0.15, -0.1) is 11.6 Å². The van der Waals surface area contributed by atoms with Crippen molar-refractivity contribution >= 4 is 11.6 Å². The Kier molecular flexibility index (Phi) is 7.69. The number of aliphatic hydroxyl groups excluding tert-OH is 2. The molecule has 0 amide bonds. The fraction of sp³-hybridized carbons (Fsp3) is 0.571. The molecule has 1 aromatic carbocycles. The maximum atomic E-state index is 9.01. The van der Waals surface area contributed by atoms with Crippen molar-refractivity contribution in [2.75, 3.05) is 47.1 Å². The molecule has 0 radical (unpaired) electrons. The van der Waals surface area contributed by atoms with E-state index in [-0.39, 0.29) is 18.6 Å². The fourth-order valence-corrected chi connectivity index (χ4v) is 2.35. The van der Waals surface area contributed by atoms with Crippen molar-refractivity contribution < 1.29 is 19.7 Å². The van der Waals surface area contributed by atoms with Gasteiger partial charge in [-0.2, -0.15) is 0 Å². The molecule has 5 nitrogen and oxygen atoms in total. The summed E-state index contributed by atoms with van der Waals surface area (Å²) in [6, 6.07) is 5.48. The minimum atomic E-state index is -0.297. The normalized spacial score (nSPS) is 12.5. The zero-order valence-corrected chi connectivity index (χ0v) is 12.6. The Hall–Kier alpha value is -1.01. The van der Waals surface area contributed by atoms with Gasteiger partial charge in [0, 0.05) is 31.3 Å². The van der Waals surface area contributed by atoms with Gasteiger partial charge in [-0.05, 0) is 6.07 Å². The van der Waals surface area contributed by atoms with E-state index in [0.717, 1.165) is 5.56 Å². The lowest BCUT2D eigenvalue weighted by molar-refractivity contribution is 0.161. The second-order valence-electron chi connectivity index (χ2n) is 4.32. The summed E-state index contributed by atoms with van der Waals surface area (Å²) in [5.74, 6) is 1.37. The van der Waals surface area contributed by atoms with E-state index in [9.17, 15) is 0 Å². The lowest BCUT2D eigenvalue weighted by atomic mass is 10.1. The van der Waals surface area contributed by atoms with Crippen LogP contribution < -0.4 is 9.47 Å². The highest BCUT2D eigenvalue weighted by Gasteiger charge is 2.17. The third kappa shape index (κ3) is 4.83. The molecule has 1 aromatic rings. The Labute approximate surface area is 124 Å². The molecule has 1 unspecified atom stereocenters. The maximum Gasteiger partial charge on any atom is 0.127 e. The van der Waals surface area contributed by atoms with Crippen LogP contribution in [0.1, 0.15) is 10.9 Å². The van der Waals surface area contributed by atoms with E-state index in [1.54, 1.807) is 20.3 Å². The van der Waals surface area contributed by atoms with E-state index in [0.29, 0.717) is 31.1 Å². The van der Waals surface area contributed by atoms with Crippen molar-refractivity contribution in [1.29, 1.82) is 0 Å². The van der Waals surface area contributed by atoms with Crippen LogP contribution in [0.25, 0.3) is 0 Å². The Morgan fingerprint density at radius 1 is 1.15 bits per heavy atom. The second kappa shape index (κ2) is 9.02. The SMILES string of the molecule is COc1ccc(C(Cl)CN(CCO)CCO)c(OC)c1. The summed E-state index contributed by atoms with van der Waals surface area (Å²) in [6.45, 7) is 1.53. The van der Waals surface area contributed by atoms with Gasteiger partial charge in [0.25, 0.3) is 0 Å². The molecule has 0 bridgehead atoms. The van der Waals surface area contributed by atoms with Crippen LogP contribution in [0, 0.1) is 0 Å². The first kappa shape index (κ1) is 17.0. The van der Waals surface area contributed by atoms with Crippen LogP contribution in [-0.2, 0) is 0 Å². The first-order chi connectivity index (χ1) is 9.65. The summed E-state index contributed by atoms with van der Waals surface area (Å²) in [5.41, 5.74) is 0.857. The van der Waals surface area contributed by atoms with E-state index in [1.807, 2.05) is 17.0 Å². The molecule has 0 spiro atoms. The molecular weight excluding hydrogens is 282 g/mol. The minimum Gasteiger partial charge on any atom is -0.497 e. The van der Waals surface area contributed by atoms with Crippen LogP contribution in [0.4, 0.5) is 0 Å². The highest BCUT2D eigenvalue weighted by molar-refractivity contribution is 6.21. The van der Waals surface area contributed by atoms with Crippen LogP contribution in [0.2, 0.25) is 0 Å². The number of aliphatic hydroxyl groups is 2. The third-order valence-electron chi connectivity index (χ3n) is 3.03. The molecule has 0 saturated heterocycles. The average molecular weight is 304 g/mol. The summed E-state index contributed by atoms with van der Waals surface area (Å²) in [4.78, 5) is 1.90. The lowest BCUT2D eigenvalue weighted by Gasteiger charge is -2.24. The molecule has 20 heavy (non-hydrogen) atoms. The van der Waals surface area contributed by atoms with Crippen molar-refractivity contribution in [3.8, 4) is 11.5 Å². The van der Waals surface area contributed by atoms with Crippen molar-refractivity contribution in [2.24, 2.45) is 0 Å². The number of hydrogen-bond donors (Lipinski definition) is 2. The number of benzene rings is 1. The van der Waals surface area contributed by atoms with Crippen molar-refractivity contribution in [1.82, 2.24) is 4.90 Å². The van der Waals surface area contributed by atoms with Gasteiger partial charge in [-0.3, -0.25) is 4.90 Å². The first-order valence-corrected chi connectivity index (χ1v) is 6.90. The topological polar surface area (TPSA) is 62.2 Å². The molecule has 0 fully saturated rings. The summed E-state index contributed by atoms with van der Waals surface area (Å²) < 4.78 is 10.5. The van der Waals surface area contributed by atoms with Gasteiger partial charge in [0.05, 0.1) is 32.8 Å². The van der Waals surface area contributed by atoms with Crippen molar-refractivity contribution in [3.05, 3.63) is 23.8 Å². The molecule has 0 aliphatic carbocycles. The zero-order valence-electron chi connectivity index (χ0n) is 11.9. The number of halogens is 1. The summed E-state index contributed by atoms with van der Waals surface area (Å²) in [5, 5.41) is 17.7. The van der Waals surface area contributed by atoms with Gasteiger partial charge < -0.3 is 19.7 Å². The zero-order chi connectivity index (χ0) is 15.0. The molecule has 6 heteroatoms. The minimum absolute atomic E-state index is 0.0311. The summed E-state index contributed by atoms with van der Waals surface area (Å²) in [6.07, 6.45) is 0. The fourth-order valence-electron chi connectivity index (χ4n) is 1.98. The molecule has 2 N–H and O–H groups in total. The summed E-state index contributed by atoms with van der Waals surface area (Å²) in [7, 11) is 3.18. The first-order valence-electron chi connectivity index (χ1n) is 6.46. The van der Waals surface area contributed by atoms with E-state index in [4.69, 9.17) is 31.3 Å². The number of nitrogens with zero attached hydrogens (tertiary/aromatic N) is 1. The van der Waals surface area contributed by atoms with Gasteiger partial charge in [0.15, 0.2) is 0 Å².